The zero-order valence-electron chi connectivity index (χ0n) is 10.6. The number of carboxylic acid groups (broad SMARTS) is 2. The fraction of sp³-hybridized carbons (Fsp3) is 0.0714. The lowest BCUT2D eigenvalue weighted by atomic mass is 10.1. The van der Waals surface area contributed by atoms with Gasteiger partial charge in [-0.25, -0.2) is 14.6 Å². The number of carbonyl (C=O) groups is 2. The molecule has 2 rings (SSSR count). The largest absolute Gasteiger partial charge is 0.478 e. The average Bonchev–Trinajstić information content (AvgIpc) is 2.41. The van der Waals surface area contributed by atoms with Gasteiger partial charge in [0.15, 0.2) is 0 Å². The van der Waals surface area contributed by atoms with Crippen LogP contribution in [0.4, 0.5) is 11.5 Å². The number of nitrogens with one attached hydrogen (secondary N) is 1. The minimum Gasteiger partial charge on any atom is -0.478 e. The molecule has 6 nitrogen and oxygen atoms in total. The Balaban J connectivity index is 2.30. The van der Waals surface area contributed by atoms with Crippen LogP contribution in [0.15, 0.2) is 36.5 Å². The standard InChI is InChI=1S/C14H12N2O4/c1-8-2-4-11(10(6-8)14(19)20)16-12-5-3-9(7-15-12)13(17)18/h2-7H,1H3,(H,15,16)(H,17,18)(H,19,20). The Labute approximate surface area is 114 Å². The Morgan fingerprint density at radius 1 is 1.10 bits per heavy atom. The molecule has 0 aliphatic heterocycles. The van der Waals surface area contributed by atoms with Crippen LogP contribution in [0.2, 0.25) is 0 Å². The smallest absolute Gasteiger partial charge is 0.337 e. The van der Waals surface area contributed by atoms with E-state index in [2.05, 4.69) is 10.3 Å². The number of anilines is 2. The summed E-state index contributed by atoms with van der Waals surface area (Å²) >= 11 is 0. The first-order valence-electron chi connectivity index (χ1n) is 5.77. The van der Waals surface area contributed by atoms with E-state index in [1.165, 1.54) is 18.3 Å². The lowest BCUT2D eigenvalue weighted by molar-refractivity contribution is 0.0686. The van der Waals surface area contributed by atoms with Crippen molar-refractivity contribution >= 4 is 23.4 Å². The Morgan fingerprint density at radius 2 is 1.85 bits per heavy atom. The number of rotatable bonds is 4. The van der Waals surface area contributed by atoms with Gasteiger partial charge in [-0.15, -0.1) is 0 Å². The Kier molecular flexibility index (Phi) is 3.65. The Hall–Kier alpha value is -2.89. The lowest BCUT2D eigenvalue weighted by Crippen LogP contribution is -2.04. The summed E-state index contributed by atoms with van der Waals surface area (Å²) in [6.45, 7) is 1.80. The fourth-order valence-corrected chi connectivity index (χ4v) is 1.68. The summed E-state index contributed by atoms with van der Waals surface area (Å²) in [5.41, 5.74) is 1.44. The molecule has 0 atom stereocenters. The molecule has 0 amide bonds. The van der Waals surface area contributed by atoms with Crippen molar-refractivity contribution in [2.75, 3.05) is 5.32 Å². The molecule has 0 spiro atoms. The molecule has 0 unspecified atom stereocenters. The quantitative estimate of drug-likeness (QED) is 0.790. The zero-order chi connectivity index (χ0) is 14.7. The van der Waals surface area contributed by atoms with Gasteiger partial charge in [0.25, 0.3) is 0 Å². The van der Waals surface area contributed by atoms with Crippen molar-refractivity contribution in [3.05, 3.63) is 53.2 Å². The molecule has 3 N–H and O–H groups in total. The second-order valence-electron chi connectivity index (χ2n) is 4.22. The van der Waals surface area contributed by atoms with Crippen molar-refractivity contribution < 1.29 is 19.8 Å². The van der Waals surface area contributed by atoms with Crippen molar-refractivity contribution in [3.8, 4) is 0 Å². The summed E-state index contributed by atoms with van der Waals surface area (Å²) in [6.07, 6.45) is 1.21. The second-order valence-corrected chi connectivity index (χ2v) is 4.22. The number of pyridine rings is 1. The van der Waals surface area contributed by atoms with Gasteiger partial charge in [-0.05, 0) is 31.2 Å². The van der Waals surface area contributed by atoms with E-state index in [4.69, 9.17) is 10.2 Å². The summed E-state index contributed by atoms with van der Waals surface area (Å²) in [5.74, 6) is -1.73. The highest BCUT2D eigenvalue weighted by Gasteiger charge is 2.11. The number of nitrogens with zero attached hydrogens (tertiary/aromatic N) is 1. The number of carboxylic acids is 2. The fourth-order valence-electron chi connectivity index (χ4n) is 1.68. The summed E-state index contributed by atoms with van der Waals surface area (Å²) in [5, 5.41) is 20.8. The van der Waals surface area contributed by atoms with Crippen molar-refractivity contribution in [2.24, 2.45) is 0 Å². The van der Waals surface area contributed by atoms with E-state index >= 15 is 0 Å². The van der Waals surface area contributed by atoms with Crippen LogP contribution in [-0.4, -0.2) is 27.1 Å². The zero-order valence-corrected chi connectivity index (χ0v) is 10.6. The average molecular weight is 272 g/mol. The summed E-state index contributed by atoms with van der Waals surface area (Å²) in [6, 6.07) is 7.85. The normalized spacial score (nSPS) is 10.1. The summed E-state index contributed by atoms with van der Waals surface area (Å²) < 4.78 is 0. The molecule has 0 saturated carbocycles. The molecule has 20 heavy (non-hydrogen) atoms. The highest BCUT2D eigenvalue weighted by atomic mass is 16.4. The van der Waals surface area contributed by atoms with Gasteiger partial charge in [-0.3, -0.25) is 0 Å². The van der Waals surface area contributed by atoms with Gasteiger partial charge < -0.3 is 15.5 Å². The molecule has 6 heteroatoms. The number of hydrogen-bond donors (Lipinski definition) is 3. The van der Waals surface area contributed by atoms with Crippen LogP contribution in [0.25, 0.3) is 0 Å². The highest BCUT2D eigenvalue weighted by Crippen LogP contribution is 2.21. The van der Waals surface area contributed by atoms with Crippen molar-refractivity contribution in [1.29, 1.82) is 0 Å². The van der Waals surface area contributed by atoms with E-state index in [1.807, 2.05) is 0 Å². The highest BCUT2D eigenvalue weighted by molar-refractivity contribution is 5.95. The van der Waals surface area contributed by atoms with E-state index in [0.29, 0.717) is 11.5 Å². The Morgan fingerprint density at radius 3 is 2.40 bits per heavy atom. The molecule has 0 saturated heterocycles. The molecule has 102 valence electrons. The predicted molar refractivity (Wildman–Crippen MR) is 72.6 cm³/mol. The molecule has 0 bridgehead atoms. The molecule has 1 aromatic heterocycles. The molecule has 2 aromatic rings. The van der Waals surface area contributed by atoms with E-state index in [-0.39, 0.29) is 11.1 Å². The first-order valence-corrected chi connectivity index (χ1v) is 5.77. The van der Waals surface area contributed by atoms with Gasteiger partial charge in [0.05, 0.1) is 16.8 Å². The molecule has 1 aromatic carbocycles. The van der Waals surface area contributed by atoms with E-state index in [0.717, 1.165) is 5.56 Å². The maximum Gasteiger partial charge on any atom is 0.337 e. The van der Waals surface area contributed by atoms with Crippen LogP contribution in [0.1, 0.15) is 26.3 Å². The molecule has 1 heterocycles. The molecule has 0 aliphatic rings. The third-order valence-electron chi connectivity index (χ3n) is 2.68. The lowest BCUT2D eigenvalue weighted by Gasteiger charge is -2.09. The van der Waals surface area contributed by atoms with Crippen LogP contribution in [0.5, 0.6) is 0 Å². The third-order valence-corrected chi connectivity index (χ3v) is 2.68. The first-order chi connectivity index (χ1) is 9.47. The van der Waals surface area contributed by atoms with Crippen LogP contribution < -0.4 is 5.32 Å². The molecule has 0 radical (unpaired) electrons. The minimum absolute atomic E-state index is 0.0675. The third kappa shape index (κ3) is 2.92. The molecule has 0 fully saturated rings. The van der Waals surface area contributed by atoms with E-state index in [1.54, 1.807) is 25.1 Å². The van der Waals surface area contributed by atoms with Gasteiger partial charge in [0, 0.05) is 6.20 Å². The van der Waals surface area contributed by atoms with Gasteiger partial charge in [-0.1, -0.05) is 11.6 Å². The number of aryl methyl sites for hydroxylation is 1. The van der Waals surface area contributed by atoms with Crippen molar-refractivity contribution in [1.82, 2.24) is 4.98 Å². The maximum absolute atomic E-state index is 11.2. The summed E-state index contributed by atoms with van der Waals surface area (Å²) in [4.78, 5) is 25.8. The van der Waals surface area contributed by atoms with E-state index < -0.39 is 11.9 Å². The van der Waals surface area contributed by atoms with Crippen LogP contribution >= 0.6 is 0 Å². The first kappa shape index (κ1) is 13.5. The van der Waals surface area contributed by atoms with Gasteiger partial charge in [0.1, 0.15) is 5.82 Å². The molecular weight excluding hydrogens is 260 g/mol. The molecule has 0 aliphatic carbocycles. The van der Waals surface area contributed by atoms with Crippen LogP contribution in [0, 0.1) is 6.92 Å². The number of aromatic nitrogens is 1. The van der Waals surface area contributed by atoms with Crippen molar-refractivity contribution in [3.63, 3.8) is 0 Å². The monoisotopic (exact) mass is 272 g/mol. The minimum atomic E-state index is -1.06. The van der Waals surface area contributed by atoms with Gasteiger partial charge >= 0.3 is 11.9 Å². The summed E-state index contributed by atoms with van der Waals surface area (Å²) in [7, 11) is 0. The number of hydrogen-bond acceptors (Lipinski definition) is 4. The van der Waals surface area contributed by atoms with E-state index in [9.17, 15) is 9.59 Å². The second kappa shape index (κ2) is 5.40. The Bertz CT molecular complexity index is 665. The van der Waals surface area contributed by atoms with Crippen LogP contribution in [0.3, 0.4) is 0 Å². The van der Waals surface area contributed by atoms with Crippen molar-refractivity contribution in [2.45, 2.75) is 6.92 Å². The number of aromatic carboxylic acids is 2. The maximum atomic E-state index is 11.2. The SMILES string of the molecule is Cc1ccc(Nc2ccc(C(=O)O)cn2)c(C(=O)O)c1. The van der Waals surface area contributed by atoms with Gasteiger partial charge in [0.2, 0.25) is 0 Å². The number of benzene rings is 1. The topological polar surface area (TPSA) is 99.5 Å². The van der Waals surface area contributed by atoms with Crippen LogP contribution in [-0.2, 0) is 0 Å². The predicted octanol–water partition coefficient (Wildman–Crippen LogP) is 2.53. The van der Waals surface area contributed by atoms with Gasteiger partial charge in [-0.2, -0.15) is 0 Å². The molecular formula is C14H12N2O4.